The standard InChI is InChI=1S/C47H33N5/c1-2-3-15-32-29-44-39(36-21-10-12-23-41(36)51(44)34-18-8-5-9-19-34)30-37(32)33-25-26-43-38(28-33)35-20-11-13-24-42(35)52(43)47-49-40-22-14-27-48-46(40)45(50-47)31-16-6-4-7-17-31/h2,4-14,16-30H,1,3,15H2. The van der Waals surface area contributed by atoms with E-state index in [-0.39, 0.29) is 0 Å². The Balaban J connectivity index is 1.22. The molecule has 6 aromatic carbocycles. The van der Waals surface area contributed by atoms with Crippen LogP contribution in [-0.4, -0.2) is 24.1 Å². The van der Waals surface area contributed by atoms with E-state index in [1.807, 2.05) is 36.4 Å². The lowest BCUT2D eigenvalue weighted by Gasteiger charge is -2.14. The number of benzene rings is 6. The first-order valence-corrected chi connectivity index (χ1v) is 17.7. The molecule has 0 atom stereocenters. The second kappa shape index (κ2) is 12.2. The molecule has 4 aromatic heterocycles. The summed E-state index contributed by atoms with van der Waals surface area (Å²) in [6, 6.07) is 53.8. The van der Waals surface area contributed by atoms with Gasteiger partial charge in [0.25, 0.3) is 0 Å². The average Bonchev–Trinajstić information content (AvgIpc) is 3.72. The zero-order chi connectivity index (χ0) is 34.6. The Labute approximate surface area is 300 Å². The molecule has 0 unspecified atom stereocenters. The van der Waals surface area contributed by atoms with Crippen molar-refractivity contribution in [1.29, 1.82) is 0 Å². The average molecular weight is 668 g/mol. The van der Waals surface area contributed by atoms with E-state index in [9.17, 15) is 0 Å². The summed E-state index contributed by atoms with van der Waals surface area (Å²) in [5.41, 5.74) is 12.8. The molecule has 5 heteroatoms. The van der Waals surface area contributed by atoms with Crippen molar-refractivity contribution in [2.75, 3.05) is 0 Å². The lowest BCUT2D eigenvalue weighted by atomic mass is 9.93. The Kier molecular flexibility index (Phi) is 7.03. The van der Waals surface area contributed by atoms with Crippen molar-refractivity contribution in [3.05, 3.63) is 176 Å². The Morgan fingerprint density at radius 1 is 0.538 bits per heavy atom. The molecular weight excluding hydrogens is 635 g/mol. The van der Waals surface area contributed by atoms with Crippen LogP contribution < -0.4 is 0 Å². The molecule has 5 nitrogen and oxygen atoms in total. The maximum atomic E-state index is 5.21. The summed E-state index contributed by atoms with van der Waals surface area (Å²) in [5.74, 6) is 0.625. The minimum absolute atomic E-state index is 0.625. The maximum Gasteiger partial charge on any atom is 0.235 e. The number of pyridine rings is 1. The first-order chi connectivity index (χ1) is 25.8. The molecule has 0 amide bonds. The normalized spacial score (nSPS) is 11.7. The van der Waals surface area contributed by atoms with Gasteiger partial charge in [-0.1, -0.05) is 97.1 Å². The molecule has 10 rings (SSSR count). The molecule has 52 heavy (non-hydrogen) atoms. The zero-order valence-electron chi connectivity index (χ0n) is 28.4. The van der Waals surface area contributed by atoms with Gasteiger partial charge >= 0.3 is 0 Å². The summed E-state index contributed by atoms with van der Waals surface area (Å²) < 4.78 is 4.59. The van der Waals surface area contributed by atoms with Gasteiger partial charge in [-0.3, -0.25) is 9.55 Å². The van der Waals surface area contributed by atoms with Gasteiger partial charge in [0.15, 0.2) is 0 Å². The van der Waals surface area contributed by atoms with Crippen LogP contribution in [0.3, 0.4) is 0 Å². The van der Waals surface area contributed by atoms with Crippen molar-refractivity contribution in [3.63, 3.8) is 0 Å². The molecule has 4 heterocycles. The number of aromatic nitrogens is 5. The first kappa shape index (κ1) is 30.0. The smallest absolute Gasteiger partial charge is 0.235 e. The second-order valence-corrected chi connectivity index (χ2v) is 13.2. The summed E-state index contributed by atoms with van der Waals surface area (Å²) in [6.07, 6.45) is 5.61. The quantitative estimate of drug-likeness (QED) is 0.159. The molecule has 0 saturated heterocycles. The van der Waals surface area contributed by atoms with Gasteiger partial charge in [-0.25, -0.2) is 9.97 Å². The molecule has 0 saturated carbocycles. The molecular formula is C47H33N5. The monoisotopic (exact) mass is 667 g/mol. The van der Waals surface area contributed by atoms with E-state index >= 15 is 0 Å². The van der Waals surface area contributed by atoms with Gasteiger partial charge in [-0.15, -0.1) is 6.58 Å². The molecule has 0 spiro atoms. The highest BCUT2D eigenvalue weighted by Crippen LogP contribution is 2.40. The predicted octanol–water partition coefficient (Wildman–Crippen LogP) is 11.7. The van der Waals surface area contributed by atoms with E-state index in [2.05, 4.69) is 137 Å². The Morgan fingerprint density at radius 3 is 1.98 bits per heavy atom. The summed E-state index contributed by atoms with van der Waals surface area (Å²) >= 11 is 0. The van der Waals surface area contributed by atoms with Crippen LogP contribution in [0, 0.1) is 0 Å². The second-order valence-electron chi connectivity index (χ2n) is 13.2. The SMILES string of the molecule is C=CCCc1cc2c(cc1-c1ccc3c(c1)c1ccccc1n3-c1nc(-c3ccccc3)c3ncccc3n1)c1ccccc1n2-c1ccccc1. The van der Waals surface area contributed by atoms with Crippen molar-refractivity contribution in [2.45, 2.75) is 12.8 Å². The summed E-state index contributed by atoms with van der Waals surface area (Å²) in [6.45, 7) is 4.07. The number of nitrogens with zero attached hydrogens (tertiary/aromatic N) is 5. The fraction of sp³-hybridized carbons (Fsp3) is 0.0426. The lowest BCUT2D eigenvalue weighted by Crippen LogP contribution is -2.04. The minimum Gasteiger partial charge on any atom is -0.309 e. The molecule has 0 aliphatic rings. The van der Waals surface area contributed by atoms with Crippen molar-refractivity contribution in [1.82, 2.24) is 24.1 Å². The van der Waals surface area contributed by atoms with Crippen LogP contribution in [0.1, 0.15) is 12.0 Å². The molecule has 246 valence electrons. The van der Waals surface area contributed by atoms with E-state index < -0.39 is 0 Å². The molecule has 0 fully saturated rings. The highest BCUT2D eigenvalue weighted by Gasteiger charge is 2.20. The van der Waals surface area contributed by atoms with Gasteiger partial charge in [0.2, 0.25) is 5.95 Å². The highest BCUT2D eigenvalue weighted by atomic mass is 15.2. The molecule has 0 bridgehead atoms. The van der Waals surface area contributed by atoms with E-state index in [0.717, 1.165) is 62.6 Å². The molecule has 10 aromatic rings. The van der Waals surface area contributed by atoms with Crippen LogP contribution in [0.4, 0.5) is 0 Å². The van der Waals surface area contributed by atoms with Gasteiger partial charge < -0.3 is 4.57 Å². The summed E-state index contributed by atoms with van der Waals surface area (Å²) in [4.78, 5) is 15.0. The zero-order valence-corrected chi connectivity index (χ0v) is 28.4. The number of para-hydroxylation sites is 3. The number of aryl methyl sites for hydroxylation is 1. The number of rotatable bonds is 7. The van der Waals surface area contributed by atoms with E-state index in [0.29, 0.717) is 5.95 Å². The number of hydrogen-bond donors (Lipinski definition) is 0. The van der Waals surface area contributed by atoms with E-state index in [1.165, 1.54) is 38.5 Å². The van der Waals surface area contributed by atoms with Crippen LogP contribution in [-0.2, 0) is 6.42 Å². The van der Waals surface area contributed by atoms with Crippen molar-refractivity contribution in [2.24, 2.45) is 0 Å². The molecule has 0 N–H and O–H groups in total. The van der Waals surface area contributed by atoms with E-state index in [1.54, 1.807) is 6.20 Å². The van der Waals surface area contributed by atoms with Gasteiger partial charge in [-0.05, 0) is 90.2 Å². The topological polar surface area (TPSA) is 48.5 Å². The van der Waals surface area contributed by atoms with Gasteiger partial charge in [0.1, 0.15) is 11.2 Å². The largest absolute Gasteiger partial charge is 0.309 e. The van der Waals surface area contributed by atoms with Gasteiger partial charge in [0, 0.05) is 39.0 Å². The third-order valence-corrected chi connectivity index (χ3v) is 10.2. The van der Waals surface area contributed by atoms with Crippen molar-refractivity contribution < 1.29 is 0 Å². The van der Waals surface area contributed by atoms with Crippen LogP contribution in [0.5, 0.6) is 0 Å². The van der Waals surface area contributed by atoms with Crippen LogP contribution in [0.2, 0.25) is 0 Å². The van der Waals surface area contributed by atoms with Gasteiger partial charge in [0.05, 0.1) is 27.6 Å². The predicted molar refractivity (Wildman–Crippen MR) is 215 cm³/mol. The third-order valence-electron chi connectivity index (χ3n) is 10.2. The molecule has 0 radical (unpaired) electrons. The summed E-state index contributed by atoms with van der Waals surface area (Å²) in [5, 5.41) is 4.80. The maximum absolute atomic E-state index is 5.21. The fourth-order valence-electron chi connectivity index (χ4n) is 7.86. The fourth-order valence-corrected chi connectivity index (χ4v) is 7.86. The highest BCUT2D eigenvalue weighted by molar-refractivity contribution is 6.13. The Morgan fingerprint density at radius 2 is 1.21 bits per heavy atom. The number of fused-ring (bicyclic) bond motifs is 7. The molecule has 0 aliphatic carbocycles. The summed E-state index contributed by atoms with van der Waals surface area (Å²) in [7, 11) is 0. The Bertz CT molecular complexity index is 2970. The minimum atomic E-state index is 0.625. The van der Waals surface area contributed by atoms with Gasteiger partial charge in [-0.2, -0.15) is 0 Å². The van der Waals surface area contributed by atoms with Crippen LogP contribution in [0.25, 0.3) is 88.7 Å². The first-order valence-electron chi connectivity index (χ1n) is 17.7. The molecule has 0 aliphatic heterocycles. The number of allylic oxidation sites excluding steroid dienone is 1. The Hall–Kier alpha value is -6.85. The van der Waals surface area contributed by atoms with Crippen molar-refractivity contribution in [3.8, 4) is 34.0 Å². The van der Waals surface area contributed by atoms with Crippen LogP contribution >= 0.6 is 0 Å². The van der Waals surface area contributed by atoms with Crippen LogP contribution in [0.15, 0.2) is 171 Å². The third kappa shape index (κ3) is 4.74. The van der Waals surface area contributed by atoms with E-state index in [4.69, 9.17) is 15.0 Å². The number of hydrogen-bond acceptors (Lipinski definition) is 3. The van der Waals surface area contributed by atoms with Crippen molar-refractivity contribution >= 4 is 54.6 Å². The lowest BCUT2D eigenvalue weighted by molar-refractivity contribution is 1.01.